The van der Waals surface area contributed by atoms with Crippen LogP contribution < -0.4 is 4.74 Å². The molecule has 2 atom stereocenters. The maximum Gasteiger partial charge on any atom is 0.335 e. The van der Waals surface area contributed by atoms with Crippen molar-refractivity contribution in [3.63, 3.8) is 0 Å². The Bertz CT molecular complexity index is 677. The topological polar surface area (TPSA) is 93.1 Å². The van der Waals surface area contributed by atoms with Crippen LogP contribution in [0.15, 0.2) is 23.1 Å². The number of ether oxygens (including phenoxy) is 2. The van der Waals surface area contributed by atoms with Crippen LogP contribution in [0.3, 0.4) is 0 Å². The first-order valence-corrected chi connectivity index (χ1v) is 7.83. The summed E-state index contributed by atoms with van der Waals surface area (Å²) in [5.41, 5.74) is -0.102. The van der Waals surface area contributed by atoms with Crippen molar-refractivity contribution in [3.05, 3.63) is 23.8 Å². The van der Waals surface area contributed by atoms with E-state index in [2.05, 4.69) is 0 Å². The number of sulfonamides is 1. The highest BCUT2D eigenvalue weighted by molar-refractivity contribution is 7.89. The summed E-state index contributed by atoms with van der Waals surface area (Å²) in [6.07, 6.45) is -2.23. The first-order valence-electron chi connectivity index (χ1n) is 6.39. The number of benzene rings is 1. The molecule has 1 aliphatic heterocycles. The van der Waals surface area contributed by atoms with E-state index in [0.29, 0.717) is 0 Å². The third kappa shape index (κ3) is 2.92. The lowest BCUT2D eigenvalue weighted by atomic mass is 10.2. The molecule has 0 spiro atoms. The van der Waals surface area contributed by atoms with Gasteiger partial charge >= 0.3 is 5.97 Å². The minimum absolute atomic E-state index is 0.101. The number of nitrogens with zero attached hydrogens (tertiary/aromatic N) is 1. The molecule has 1 aromatic carbocycles. The molecule has 1 fully saturated rings. The third-order valence-corrected chi connectivity index (χ3v) is 5.37. The van der Waals surface area contributed by atoms with E-state index in [-0.39, 0.29) is 29.3 Å². The Labute approximate surface area is 127 Å². The van der Waals surface area contributed by atoms with E-state index in [0.717, 1.165) is 22.5 Å². The van der Waals surface area contributed by atoms with Crippen molar-refractivity contribution in [1.82, 2.24) is 4.31 Å². The molecule has 1 saturated heterocycles. The van der Waals surface area contributed by atoms with E-state index in [1.807, 2.05) is 0 Å². The molecule has 1 heterocycles. The molecule has 0 saturated carbocycles. The summed E-state index contributed by atoms with van der Waals surface area (Å²) in [5, 5.41) is 8.93. The first-order chi connectivity index (χ1) is 10.3. The monoisotopic (exact) mass is 333 g/mol. The highest BCUT2D eigenvalue weighted by Crippen LogP contribution is 2.31. The molecule has 9 heteroatoms. The number of carbonyl (C=O) groups is 1. The zero-order chi connectivity index (χ0) is 16.5. The molecule has 1 aromatic rings. The van der Waals surface area contributed by atoms with Crippen molar-refractivity contribution in [3.8, 4) is 5.75 Å². The van der Waals surface area contributed by atoms with Crippen LogP contribution in [0.1, 0.15) is 10.4 Å². The Kier molecular flexibility index (Phi) is 4.69. The van der Waals surface area contributed by atoms with E-state index in [9.17, 15) is 17.6 Å². The number of carboxylic acids is 1. The SMILES string of the molecule is COc1cc(C(=O)O)ccc1S(=O)(=O)N1C[C@@H](F)[C@H](OC)C1. The van der Waals surface area contributed by atoms with Crippen LogP contribution in [0.5, 0.6) is 5.75 Å². The molecule has 122 valence electrons. The number of hydrogen-bond acceptors (Lipinski definition) is 5. The molecular weight excluding hydrogens is 317 g/mol. The van der Waals surface area contributed by atoms with Crippen LogP contribution in [0.25, 0.3) is 0 Å². The predicted molar refractivity (Wildman–Crippen MR) is 74.4 cm³/mol. The van der Waals surface area contributed by atoms with Crippen LogP contribution in [0, 0.1) is 0 Å². The first kappa shape index (κ1) is 16.7. The molecule has 0 radical (unpaired) electrons. The summed E-state index contributed by atoms with van der Waals surface area (Å²) in [5.74, 6) is -1.30. The van der Waals surface area contributed by atoms with Gasteiger partial charge in [-0.05, 0) is 18.2 Å². The van der Waals surface area contributed by atoms with E-state index in [4.69, 9.17) is 14.6 Å². The van der Waals surface area contributed by atoms with E-state index < -0.39 is 28.3 Å². The van der Waals surface area contributed by atoms with Gasteiger partial charge in [-0.15, -0.1) is 0 Å². The molecule has 1 N–H and O–H groups in total. The quantitative estimate of drug-likeness (QED) is 0.855. The fourth-order valence-corrected chi connectivity index (χ4v) is 3.87. The number of rotatable bonds is 5. The molecule has 2 rings (SSSR count). The summed E-state index contributed by atoms with van der Waals surface area (Å²) in [7, 11) is -1.45. The van der Waals surface area contributed by atoms with E-state index >= 15 is 0 Å². The van der Waals surface area contributed by atoms with Crippen molar-refractivity contribution in [2.24, 2.45) is 0 Å². The van der Waals surface area contributed by atoms with Crippen molar-refractivity contribution in [2.75, 3.05) is 27.3 Å². The number of halogens is 1. The van der Waals surface area contributed by atoms with Crippen LogP contribution in [0.4, 0.5) is 4.39 Å². The van der Waals surface area contributed by atoms with Crippen LogP contribution in [0.2, 0.25) is 0 Å². The molecule has 0 aliphatic carbocycles. The molecule has 1 aliphatic rings. The van der Waals surface area contributed by atoms with Gasteiger partial charge in [-0.1, -0.05) is 0 Å². The second kappa shape index (κ2) is 6.19. The number of hydrogen-bond donors (Lipinski definition) is 1. The maximum atomic E-state index is 13.7. The van der Waals surface area contributed by atoms with E-state index in [1.54, 1.807) is 0 Å². The largest absolute Gasteiger partial charge is 0.495 e. The normalized spacial score (nSPS) is 22.7. The molecule has 0 amide bonds. The summed E-state index contributed by atoms with van der Waals surface area (Å²) in [4.78, 5) is 10.7. The minimum Gasteiger partial charge on any atom is -0.495 e. The van der Waals surface area contributed by atoms with Crippen LogP contribution >= 0.6 is 0 Å². The van der Waals surface area contributed by atoms with E-state index in [1.165, 1.54) is 14.2 Å². The van der Waals surface area contributed by atoms with Crippen molar-refractivity contribution < 1.29 is 32.2 Å². The average molecular weight is 333 g/mol. The van der Waals surface area contributed by atoms with Gasteiger partial charge in [0, 0.05) is 20.2 Å². The number of aromatic carboxylic acids is 1. The highest BCUT2D eigenvalue weighted by atomic mass is 32.2. The number of alkyl halides is 1. The second-order valence-electron chi connectivity index (χ2n) is 4.78. The summed E-state index contributed by atoms with van der Waals surface area (Å²) >= 11 is 0. The Balaban J connectivity index is 2.40. The molecule has 0 aromatic heterocycles. The molecule has 7 nitrogen and oxygen atoms in total. The Morgan fingerprint density at radius 2 is 2.05 bits per heavy atom. The van der Waals surface area contributed by atoms with Gasteiger partial charge in [0.15, 0.2) is 0 Å². The lowest BCUT2D eigenvalue weighted by molar-refractivity contribution is 0.0637. The van der Waals surface area contributed by atoms with Gasteiger partial charge in [0.1, 0.15) is 22.9 Å². The van der Waals surface area contributed by atoms with Crippen molar-refractivity contribution in [1.29, 1.82) is 0 Å². The van der Waals surface area contributed by atoms with Gasteiger partial charge in [-0.2, -0.15) is 4.31 Å². The van der Waals surface area contributed by atoms with Gasteiger partial charge in [-0.25, -0.2) is 17.6 Å². The van der Waals surface area contributed by atoms with Gasteiger partial charge in [-0.3, -0.25) is 0 Å². The summed E-state index contributed by atoms with van der Waals surface area (Å²) in [6.45, 7) is -0.422. The van der Waals surface area contributed by atoms with Crippen LogP contribution in [-0.2, 0) is 14.8 Å². The number of methoxy groups -OCH3 is 2. The van der Waals surface area contributed by atoms with Gasteiger partial charge < -0.3 is 14.6 Å². The molecule has 0 unspecified atom stereocenters. The fourth-order valence-electron chi connectivity index (χ4n) is 2.27. The zero-order valence-electron chi connectivity index (χ0n) is 12.0. The zero-order valence-corrected chi connectivity index (χ0v) is 12.8. The lowest BCUT2D eigenvalue weighted by Crippen LogP contribution is -2.30. The Hall–Kier alpha value is -1.71. The third-order valence-electron chi connectivity index (χ3n) is 3.50. The predicted octanol–water partition coefficient (Wildman–Crippen LogP) is 0.751. The summed E-state index contributed by atoms with van der Waals surface area (Å²) in [6, 6.07) is 3.42. The molecule has 0 bridgehead atoms. The number of carboxylic acid groups (broad SMARTS) is 1. The Morgan fingerprint density at radius 1 is 1.36 bits per heavy atom. The van der Waals surface area contributed by atoms with Crippen molar-refractivity contribution >= 4 is 16.0 Å². The minimum atomic E-state index is -4.00. The standard InChI is InChI=1S/C13H16FNO6S/c1-20-10-5-8(13(16)17)3-4-12(10)22(18,19)15-6-9(14)11(7-15)21-2/h3-5,9,11H,6-7H2,1-2H3,(H,16,17)/t9-,11-/m1/s1. The smallest absolute Gasteiger partial charge is 0.335 e. The van der Waals surface area contributed by atoms with Gasteiger partial charge in [0.05, 0.1) is 12.7 Å². The fraction of sp³-hybridized carbons (Fsp3) is 0.462. The highest BCUT2D eigenvalue weighted by Gasteiger charge is 2.40. The molecular formula is C13H16FNO6S. The second-order valence-corrected chi connectivity index (χ2v) is 6.69. The Morgan fingerprint density at radius 3 is 2.55 bits per heavy atom. The van der Waals surface area contributed by atoms with Gasteiger partial charge in [0.2, 0.25) is 10.0 Å². The maximum absolute atomic E-state index is 13.7. The van der Waals surface area contributed by atoms with Crippen LogP contribution in [-0.4, -0.2) is 63.4 Å². The van der Waals surface area contributed by atoms with Crippen molar-refractivity contribution in [2.45, 2.75) is 17.2 Å². The average Bonchev–Trinajstić information content (AvgIpc) is 2.88. The van der Waals surface area contributed by atoms with Gasteiger partial charge in [0.25, 0.3) is 0 Å². The lowest BCUT2D eigenvalue weighted by Gasteiger charge is -2.18. The molecule has 22 heavy (non-hydrogen) atoms. The summed E-state index contributed by atoms with van der Waals surface area (Å²) < 4.78 is 49.7.